The third-order valence-electron chi connectivity index (χ3n) is 9.53. The molecule has 0 aliphatic heterocycles. The maximum atomic E-state index is 6.79. The van der Waals surface area contributed by atoms with Gasteiger partial charge in [-0.05, 0) is 93.6 Å². The average molecular weight is 636 g/mol. The van der Waals surface area contributed by atoms with Gasteiger partial charge in [0.15, 0.2) is 11.0 Å². The van der Waals surface area contributed by atoms with Gasteiger partial charge in [-0.15, -0.1) is 0 Å². The molecule has 0 saturated heterocycles. The van der Waals surface area contributed by atoms with Crippen molar-refractivity contribution >= 4 is 32.8 Å². The Morgan fingerprint density at radius 2 is 1.29 bits per heavy atom. The summed E-state index contributed by atoms with van der Waals surface area (Å²) >= 11 is 0. The number of hydrogen-bond acceptors (Lipinski definition) is 2. The van der Waals surface area contributed by atoms with Crippen LogP contribution >= 0.6 is 0 Å². The zero-order chi connectivity index (χ0) is 34.2. The lowest BCUT2D eigenvalue weighted by Gasteiger charge is -2.21. The largest absolute Gasteiger partial charge is 0.457 e. The van der Waals surface area contributed by atoms with Crippen LogP contribution in [0.1, 0.15) is 79.0 Å². The topological polar surface area (TPSA) is 35.9 Å². The average Bonchev–Trinajstić information content (AvgIpc) is 3.53. The Morgan fingerprint density at radius 3 is 2.02 bits per heavy atom. The number of pyridine rings is 1. The van der Waals surface area contributed by atoms with Gasteiger partial charge in [0.1, 0.15) is 23.0 Å². The third kappa shape index (κ3) is 5.66. The first-order valence-corrected chi connectivity index (χ1v) is 16.9. The van der Waals surface area contributed by atoms with Crippen molar-refractivity contribution in [1.29, 1.82) is 0 Å². The summed E-state index contributed by atoms with van der Waals surface area (Å²) in [5, 5.41) is 2.40. The van der Waals surface area contributed by atoms with E-state index in [0.29, 0.717) is 0 Å². The molecule has 0 N–H and O–H groups in total. The number of imidazole rings is 1. The van der Waals surface area contributed by atoms with E-state index in [1.807, 2.05) is 6.20 Å². The van der Waals surface area contributed by atoms with Crippen LogP contribution in [0, 0.1) is 0 Å². The molecule has 5 nitrogen and oxygen atoms in total. The molecule has 0 amide bonds. The van der Waals surface area contributed by atoms with Crippen LogP contribution in [0.15, 0.2) is 104 Å². The van der Waals surface area contributed by atoms with Crippen molar-refractivity contribution in [3.05, 3.63) is 120 Å². The summed E-state index contributed by atoms with van der Waals surface area (Å²) in [7, 11) is 2.09. The maximum absolute atomic E-state index is 6.79. The van der Waals surface area contributed by atoms with Crippen LogP contribution in [0.2, 0.25) is 0 Å². The fourth-order valence-electron chi connectivity index (χ4n) is 6.60. The number of aromatic nitrogens is 4. The second kappa shape index (κ2) is 11.1. The highest BCUT2D eigenvalue weighted by atomic mass is 16.5. The predicted molar refractivity (Wildman–Crippen MR) is 199 cm³/mol. The molecule has 7 rings (SSSR count). The van der Waals surface area contributed by atoms with Crippen molar-refractivity contribution in [2.75, 3.05) is 0 Å². The maximum Gasteiger partial charge on any atom is 0.249 e. The number of aryl methyl sites for hydroxylation is 1. The van der Waals surface area contributed by atoms with Crippen LogP contribution in [-0.2, 0) is 23.3 Å². The highest BCUT2D eigenvalue weighted by Gasteiger charge is 2.23. The molecule has 0 fully saturated rings. The van der Waals surface area contributed by atoms with Crippen LogP contribution in [-0.4, -0.2) is 14.1 Å². The first kappa shape index (κ1) is 31.7. The molecule has 0 spiro atoms. The van der Waals surface area contributed by atoms with Gasteiger partial charge in [0.05, 0.1) is 18.1 Å². The second-order valence-corrected chi connectivity index (χ2v) is 16.3. The van der Waals surface area contributed by atoms with E-state index in [0.717, 1.165) is 39.6 Å². The Bertz CT molecular complexity index is 2330. The molecule has 3 heterocycles. The number of nitrogens with zero attached hydrogens (tertiary/aromatic N) is 4. The van der Waals surface area contributed by atoms with Gasteiger partial charge in [0.2, 0.25) is 6.33 Å². The van der Waals surface area contributed by atoms with Crippen molar-refractivity contribution in [2.45, 2.75) is 78.6 Å². The van der Waals surface area contributed by atoms with Crippen LogP contribution in [0.3, 0.4) is 0 Å². The summed E-state index contributed by atoms with van der Waals surface area (Å²) in [6.45, 7) is 20.3. The van der Waals surface area contributed by atoms with Crippen LogP contribution < -0.4 is 9.30 Å². The molecule has 0 bridgehead atoms. The number of benzene rings is 4. The molecule has 0 saturated carbocycles. The van der Waals surface area contributed by atoms with Crippen molar-refractivity contribution in [3.63, 3.8) is 0 Å². The number of para-hydroxylation sites is 2. The Balaban J connectivity index is 1.41. The zero-order valence-corrected chi connectivity index (χ0v) is 30.0. The zero-order valence-electron chi connectivity index (χ0n) is 30.0. The molecule has 5 heteroatoms. The molecule has 0 aliphatic rings. The monoisotopic (exact) mass is 635 g/mol. The highest BCUT2D eigenvalue weighted by Crippen LogP contribution is 2.39. The SMILES string of the molecule is C[n+]1cn(-c2cc(Oc3ccc4c5cc(C(C)(C)C)ccc5n(-c5cc(C(C)(C)C)ccn5)c4c3)cc(C(C)(C)C)c2)c2ccccc21. The van der Waals surface area contributed by atoms with Gasteiger partial charge in [-0.2, -0.15) is 4.57 Å². The molecular weight excluding hydrogens is 589 g/mol. The molecular formula is C43H47N4O+. The normalized spacial score (nSPS) is 12.8. The lowest BCUT2D eigenvalue weighted by atomic mass is 9.86. The quantitative estimate of drug-likeness (QED) is 0.180. The van der Waals surface area contributed by atoms with Gasteiger partial charge in [-0.25, -0.2) is 9.55 Å². The summed E-state index contributed by atoms with van der Waals surface area (Å²) < 4.78 is 13.5. The Hall–Kier alpha value is -4.90. The smallest absolute Gasteiger partial charge is 0.249 e. The van der Waals surface area contributed by atoms with Crippen LogP contribution in [0.5, 0.6) is 11.5 Å². The van der Waals surface area contributed by atoms with E-state index in [1.165, 1.54) is 33.0 Å². The molecule has 0 radical (unpaired) electrons. The Kier molecular flexibility index (Phi) is 7.32. The van der Waals surface area contributed by atoms with Crippen molar-refractivity contribution in [2.24, 2.45) is 7.05 Å². The van der Waals surface area contributed by atoms with Crippen molar-refractivity contribution in [1.82, 2.24) is 14.1 Å². The molecule has 0 aliphatic carbocycles. The van der Waals surface area contributed by atoms with E-state index in [4.69, 9.17) is 9.72 Å². The van der Waals surface area contributed by atoms with E-state index in [1.54, 1.807) is 0 Å². The van der Waals surface area contributed by atoms with Gasteiger partial charge in [0.25, 0.3) is 0 Å². The first-order chi connectivity index (χ1) is 22.6. The second-order valence-electron chi connectivity index (χ2n) is 16.3. The Morgan fingerprint density at radius 1 is 0.583 bits per heavy atom. The summed E-state index contributed by atoms with van der Waals surface area (Å²) in [6, 6.07) is 32.8. The molecule has 0 unspecified atom stereocenters. The Labute approximate surface area is 284 Å². The van der Waals surface area contributed by atoms with E-state index in [2.05, 4.69) is 180 Å². The minimum absolute atomic E-state index is 0.00198. The third-order valence-corrected chi connectivity index (χ3v) is 9.53. The van der Waals surface area contributed by atoms with Crippen LogP contribution in [0.4, 0.5) is 0 Å². The van der Waals surface area contributed by atoms with Crippen molar-refractivity contribution < 1.29 is 9.30 Å². The standard InChI is InChI=1S/C43H47N4O/c1-41(2,3)28-15-18-36-35(23-28)34-17-16-32(26-39(34)47(36)40-24-29(19-20-44-40)42(4,5)6)48-33-22-30(43(7,8)9)21-31(25-33)46-27-45(10)37-13-11-12-14-38(37)46/h11-27H,1-10H3/q+1. The minimum atomic E-state index is -0.0653. The number of rotatable bonds is 4. The summed E-state index contributed by atoms with van der Waals surface area (Å²) in [6.07, 6.45) is 4.08. The summed E-state index contributed by atoms with van der Waals surface area (Å²) in [4.78, 5) is 4.91. The fraction of sp³-hybridized carbons (Fsp3) is 0.302. The van der Waals surface area contributed by atoms with Gasteiger partial charge in [-0.1, -0.05) is 80.5 Å². The highest BCUT2D eigenvalue weighted by molar-refractivity contribution is 6.09. The fourth-order valence-corrected chi connectivity index (χ4v) is 6.60. The van der Waals surface area contributed by atoms with E-state index < -0.39 is 0 Å². The van der Waals surface area contributed by atoms with Gasteiger partial charge in [0, 0.05) is 29.1 Å². The summed E-state index contributed by atoms with van der Waals surface area (Å²) in [5.74, 6) is 2.50. The molecule has 48 heavy (non-hydrogen) atoms. The van der Waals surface area contributed by atoms with E-state index in [-0.39, 0.29) is 16.2 Å². The van der Waals surface area contributed by atoms with Crippen molar-refractivity contribution in [3.8, 4) is 23.0 Å². The lowest BCUT2D eigenvalue weighted by Crippen LogP contribution is -2.25. The predicted octanol–water partition coefficient (Wildman–Crippen LogP) is 10.6. The van der Waals surface area contributed by atoms with E-state index >= 15 is 0 Å². The number of ether oxygens (including phenoxy) is 1. The number of hydrogen-bond donors (Lipinski definition) is 0. The molecule has 244 valence electrons. The van der Waals surface area contributed by atoms with Gasteiger partial charge < -0.3 is 4.74 Å². The lowest BCUT2D eigenvalue weighted by molar-refractivity contribution is -0.645. The minimum Gasteiger partial charge on any atom is -0.457 e. The van der Waals surface area contributed by atoms with Gasteiger partial charge >= 0.3 is 0 Å². The molecule has 4 aromatic carbocycles. The van der Waals surface area contributed by atoms with Gasteiger partial charge in [-0.3, -0.25) is 4.57 Å². The number of fused-ring (bicyclic) bond motifs is 4. The molecule has 0 atom stereocenters. The first-order valence-electron chi connectivity index (χ1n) is 16.9. The van der Waals surface area contributed by atoms with E-state index in [9.17, 15) is 0 Å². The summed E-state index contributed by atoms with van der Waals surface area (Å²) in [5.41, 5.74) is 9.36. The molecule has 3 aromatic heterocycles. The van der Waals surface area contributed by atoms with Crippen LogP contribution in [0.25, 0.3) is 44.3 Å². The molecule has 7 aromatic rings.